The molecule has 98 valence electrons. The van der Waals surface area contributed by atoms with Gasteiger partial charge in [-0.1, -0.05) is 0 Å². The molecule has 0 atom stereocenters. The van der Waals surface area contributed by atoms with Crippen molar-refractivity contribution < 1.29 is 18.3 Å². The Balaban J connectivity index is 2.69. The lowest BCUT2D eigenvalue weighted by atomic mass is 10.5. The van der Waals surface area contributed by atoms with E-state index in [-0.39, 0.29) is 18.0 Å². The van der Waals surface area contributed by atoms with Crippen molar-refractivity contribution in [2.45, 2.75) is 18.4 Å². The molecule has 7 heteroatoms. The van der Waals surface area contributed by atoms with Gasteiger partial charge >= 0.3 is 0 Å². The molecular formula is C10H18N2O4S. The number of ether oxygens (including phenoxy) is 1. The molecule has 0 unspecified atom stereocenters. The van der Waals surface area contributed by atoms with Crippen LogP contribution in [0.4, 0.5) is 0 Å². The molecular weight excluding hydrogens is 244 g/mol. The van der Waals surface area contributed by atoms with E-state index in [0.717, 1.165) is 0 Å². The third-order valence-corrected chi connectivity index (χ3v) is 3.73. The monoisotopic (exact) mass is 262 g/mol. The summed E-state index contributed by atoms with van der Waals surface area (Å²) in [5.74, 6) is 0. The fourth-order valence-electron chi connectivity index (χ4n) is 1.36. The van der Waals surface area contributed by atoms with Gasteiger partial charge in [0.25, 0.3) is 0 Å². The molecule has 1 aromatic rings. The quantitative estimate of drug-likeness (QED) is 0.669. The minimum Gasteiger partial charge on any atom is -0.390 e. The summed E-state index contributed by atoms with van der Waals surface area (Å²) in [6, 6.07) is 1.45. The molecule has 0 saturated heterocycles. The second-order valence-corrected chi connectivity index (χ2v) is 5.30. The Kier molecular flexibility index (Phi) is 5.13. The summed E-state index contributed by atoms with van der Waals surface area (Å²) in [7, 11) is -1.83. The number of nitrogens with one attached hydrogen (secondary N) is 1. The molecule has 2 N–H and O–H groups in total. The standard InChI is InChI=1S/C10H18N2O4S/c1-3-16-5-4-11-17(14,15)10-6-9(8-13)12(2)7-10/h6-7,11,13H,3-5,8H2,1-2H3. The Labute approximate surface area is 101 Å². The Morgan fingerprint density at radius 3 is 2.76 bits per heavy atom. The third kappa shape index (κ3) is 3.81. The normalized spacial score (nSPS) is 11.9. The molecule has 0 amide bonds. The molecule has 17 heavy (non-hydrogen) atoms. The van der Waals surface area contributed by atoms with E-state index in [2.05, 4.69) is 4.72 Å². The molecule has 1 aromatic heterocycles. The number of aromatic nitrogens is 1. The van der Waals surface area contributed by atoms with E-state index in [1.54, 1.807) is 11.6 Å². The fraction of sp³-hybridized carbons (Fsp3) is 0.600. The van der Waals surface area contributed by atoms with Gasteiger partial charge in [0.2, 0.25) is 10.0 Å². The minimum atomic E-state index is -3.51. The van der Waals surface area contributed by atoms with Gasteiger partial charge in [-0.25, -0.2) is 13.1 Å². The van der Waals surface area contributed by atoms with E-state index in [9.17, 15) is 8.42 Å². The van der Waals surface area contributed by atoms with Crippen molar-refractivity contribution in [3.05, 3.63) is 18.0 Å². The number of sulfonamides is 1. The van der Waals surface area contributed by atoms with Crippen LogP contribution in [0, 0.1) is 0 Å². The maximum absolute atomic E-state index is 11.8. The zero-order valence-corrected chi connectivity index (χ0v) is 10.8. The van der Waals surface area contributed by atoms with Crippen molar-refractivity contribution >= 4 is 10.0 Å². The van der Waals surface area contributed by atoms with Crippen LogP contribution in [0.1, 0.15) is 12.6 Å². The van der Waals surface area contributed by atoms with E-state index in [1.807, 2.05) is 6.92 Å². The molecule has 6 nitrogen and oxygen atoms in total. The van der Waals surface area contributed by atoms with Crippen LogP contribution in [0.2, 0.25) is 0 Å². The number of aliphatic hydroxyl groups excluding tert-OH is 1. The van der Waals surface area contributed by atoms with Gasteiger partial charge in [-0.05, 0) is 13.0 Å². The first-order valence-corrected chi connectivity index (χ1v) is 6.83. The van der Waals surface area contributed by atoms with E-state index < -0.39 is 10.0 Å². The minimum absolute atomic E-state index is 0.153. The topological polar surface area (TPSA) is 80.6 Å². The summed E-state index contributed by atoms with van der Waals surface area (Å²) >= 11 is 0. The molecule has 0 aliphatic carbocycles. The summed E-state index contributed by atoms with van der Waals surface area (Å²) < 4.78 is 32.7. The maximum atomic E-state index is 11.8. The van der Waals surface area contributed by atoms with Crippen molar-refractivity contribution in [1.29, 1.82) is 0 Å². The lowest BCUT2D eigenvalue weighted by Crippen LogP contribution is -2.27. The second kappa shape index (κ2) is 6.15. The fourth-order valence-corrected chi connectivity index (χ4v) is 2.46. The molecule has 0 aromatic carbocycles. The van der Waals surface area contributed by atoms with Gasteiger partial charge in [0.05, 0.1) is 18.1 Å². The first kappa shape index (κ1) is 14.2. The van der Waals surface area contributed by atoms with Gasteiger partial charge in [-0.2, -0.15) is 0 Å². The SMILES string of the molecule is CCOCCNS(=O)(=O)c1cc(CO)n(C)c1. The molecule has 0 aliphatic heterocycles. The number of hydrogen-bond acceptors (Lipinski definition) is 4. The highest BCUT2D eigenvalue weighted by Gasteiger charge is 2.16. The molecule has 1 heterocycles. The lowest BCUT2D eigenvalue weighted by Gasteiger charge is -2.04. The summed E-state index contributed by atoms with van der Waals surface area (Å²) in [4.78, 5) is 0.153. The molecule has 1 rings (SSSR count). The van der Waals surface area contributed by atoms with Crippen LogP contribution >= 0.6 is 0 Å². The van der Waals surface area contributed by atoms with Crippen LogP contribution < -0.4 is 4.72 Å². The predicted octanol–water partition coefficient (Wildman–Crippen LogP) is -0.168. The van der Waals surface area contributed by atoms with Crippen LogP contribution in [0.15, 0.2) is 17.2 Å². The first-order chi connectivity index (χ1) is 8.01. The number of hydrogen-bond donors (Lipinski definition) is 2. The molecule has 0 aliphatic rings. The molecule has 0 fully saturated rings. The highest BCUT2D eigenvalue weighted by molar-refractivity contribution is 7.89. The number of nitrogens with zero attached hydrogens (tertiary/aromatic N) is 1. The molecule has 0 bridgehead atoms. The van der Waals surface area contributed by atoms with Gasteiger partial charge < -0.3 is 14.4 Å². The number of rotatable bonds is 7. The van der Waals surface area contributed by atoms with Crippen LogP contribution in [-0.4, -0.2) is 37.8 Å². The Morgan fingerprint density at radius 2 is 2.24 bits per heavy atom. The summed E-state index contributed by atoms with van der Waals surface area (Å²) in [5, 5.41) is 8.99. The van der Waals surface area contributed by atoms with Crippen molar-refractivity contribution in [1.82, 2.24) is 9.29 Å². The van der Waals surface area contributed by atoms with Crippen LogP contribution in [0.3, 0.4) is 0 Å². The molecule has 0 radical (unpaired) electrons. The maximum Gasteiger partial charge on any atom is 0.242 e. The first-order valence-electron chi connectivity index (χ1n) is 5.34. The summed E-state index contributed by atoms with van der Waals surface area (Å²) in [6.45, 7) is 2.79. The van der Waals surface area contributed by atoms with Crippen molar-refractivity contribution in [3.8, 4) is 0 Å². The largest absolute Gasteiger partial charge is 0.390 e. The average molecular weight is 262 g/mol. The molecule has 0 spiro atoms. The predicted molar refractivity (Wildman–Crippen MR) is 63.0 cm³/mol. The Morgan fingerprint density at radius 1 is 1.53 bits per heavy atom. The number of aliphatic hydroxyl groups is 1. The Bertz CT molecular complexity index is 453. The van der Waals surface area contributed by atoms with Crippen LogP contribution in [0.25, 0.3) is 0 Å². The Hall–Kier alpha value is -0.890. The van der Waals surface area contributed by atoms with Gasteiger partial charge in [0, 0.05) is 32.1 Å². The highest BCUT2D eigenvalue weighted by atomic mass is 32.2. The smallest absolute Gasteiger partial charge is 0.242 e. The van der Waals surface area contributed by atoms with Crippen LogP contribution in [-0.2, 0) is 28.4 Å². The summed E-state index contributed by atoms with van der Waals surface area (Å²) in [5.41, 5.74) is 0.551. The van der Waals surface area contributed by atoms with Gasteiger partial charge in [0.1, 0.15) is 0 Å². The van der Waals surface area contributed by atoms with Crippen molar-refractivity contribution in [2.75, 3.05) is 19.8 Å². The summed E-state index contributed by atoms with van der Waals surface area (Å²) in [6.07, 6.45) is 1.47. The van der Waals surface area contributed by atoms with Gasteiger partial charge in [-0.15, -0.1) is 0 Å². The van der Waals surface area contributed by atoms with Crippen LogP contribution in [0.5, 0.6) is 0 Å². The van der Waals surface area contributed by atoms with Crippen molar-refractivity contribution in [2.24, 2.45) is 7.05 Å². The number of aryl methyl sites for hydroxylation is 1. The van der Waals surface area contributed by atoms with Gasteiger partial charge in [-0.3, -0.25) is 0 Å². The lowest BCUT2D eigenvalue weighted by molar-refractivity contribution is 0.153. The van der Waals surface area contributed by atoms with E-state index in [0.29, 0.717) is 18.9 Å². The van der Waals surface area contributed by atoms with E-state index in [1.165, 1.54) is 12.3 Å². The van der Waals surface area contributed by atoms with E-state index >= 15 is 0 Å². The van der Waals surface area contributed by atoms with E-state index in [4.69, 9.17) is 9.84 Å². The zero-order chi connectivity index (χ0) is 12.9. The third-order valence-electron chi connectivity index (χ3n) is 2.30. The average Bonchev–Trinajstić information content (AvgIpc) is 2.67. The highest BCUT2D eigenvalue weighted by Crippen LogP contribution is 2.12. The van der Waals surface area contributed by atoms with Crippen molar-refractivity contribution in [3.63, 3.8) is 0 Å². The second-order valence-electron chi connectivity index (χ2n) is 3.53. The zero-order valence-electron chi connectivity index (χ0n) is 10.0. The van der Waals surface area contributed by atoms with Gasteiger partial charge in [0.15, 0.2) is 0 Å². The molecule has 0 saturated carbocycles.